The summed E-state index contributed by atoms with van der Waals surface area (Å²) in [5, 5.41) is 3.38. The Balaban J connectivity index is 2.15. The lowest BCUT2D eigenvalue weighted by Gasteiger charge is -2.29. The SMILES string of the molecule is CCC(C)N(Cc1ccc(-c2noc(C(F)(F)F)n2)cc1)C(=O)CC(C)C. The smallest absolute Gasteiger partial charge is 0.336 e. The molecule has 0 fully saturated rings. The van der Waals surface area contributed by atoms with Crippen molar-refractivity contribution in [3.8, 4) is 11.4 Å². The largest absolute Gasteiger partial charge is 0.471 e. The van der Waals surface area contributed by atoms with Crippen LogP contribution < -0.4 is 0 Å². The molecule has 0 saturated heterocycles. The topological polar surface area (TPSA) is 59.2 Å². The molecule has 0 aliphatic carbocycles. The molecule has 0 aliphatic heterocycles. The highest BCUT2D eigenvalue weighted by Crippen LogP contribution is 2.29. The lowest BCUT2D eigenvalue weighted by Crippen LogP contribution is -2.38. The van der Waals surface area contributed by atoms with Gasteiger partial charge in [0.2, 0.25) is 11.7 Å². The zero-order chi connectivity index (χ0) is 20.2. The van der Waals surface area contributed by atoms with Crippen molar-refractivity contribution in [3.63, 3.8) is 0 Å². The number of carbonyl (C=O) groups excluding carboxylic acids is 1. The summed E-state index contributed by atoms with van der Waals surface area (Å²) in [6.07, 6.45) is -3.35. The Morgan fingerprint density at radius 1 is 1.19 bits per heavy atom. The van der Waals surface area contributed by atoms with E-state index in [2.05, 4.69) is 14.7 Å². The standard InChI is InChI=1S/C19H24F3N3O2/c1-5-13(4)25(16(26)10-12(2)3)11-14-6-8-15(9-7-14)17-23-18(27-24-17)19(20,21)22/h6-9,12-13H,5,10-11H2,1-4H3. The molecule has 1 aromatic heterocycles. The van der Waals surface area contributed by atoms with Crippen LogP contribution in [-0.2, 0) is 17.5 Å². The van der Waals surface area contributed by atoms with Crippen LogP contribution in [0.15, 0.2) is 28.8 Å². The fraction of sp³-hybridized carbons (Fsp3) is 0.526. The molecule has 1 aromatic carbocycles. The molecule has 0 bridgehead atoms. The molecule has 1 heterocycles. The van der Waals surface area contributed by atoms with Crippen molar-refractivity contribution in [2.24, 2.45) is 5.92 Å². The second kappa shape index (κ2) is 8.54. The lowest BCUT2D eigenvalue weighted by molar-refractivity contribution is -0.159. The number of rotatable bonds is 7. The van der Waals surface area contributed by atoms with E-state index in [1.807, 2.05) is 32.6 Å². The van der Waals surface area contributed by atoms with E-state index >= 15 is 0 Å². The summed E-state index contributed by atoms with van der Waals surface area (Å²) in [4.78, 5) is 17.7. The number of hydrogen-bond donors (Lipinski definition) is 0. The van der Waals surface area contributed by atoms with Crippen LogP contribution in [-0.4, -0.2) is 27.0 Å². The summed E-state index contributed by atoms with van der Waals surface area (Å²) in [5.41, 5.74) is 1.30. The first-order valence-corrected chi connectivity index (χ1v) is 8.91. The zero-order valence-corrected chi connectivity index (χ0v) is 15.9. The second-order valence-electron chi connectivity index (χ2n) is 6.99. The van der Waals surface area contributed by atoms with E-state index in [-0.39, 0.29) is 23.7 Å². The second-order valence-corrected chi connectivity index (χ2v) is 6.99. The highest BCUT2D eigenvalue weighted by Gasteiger charge is 2.38. The first-order chi connectivity index (χ1) is 12.6. The maximum atomic E-state index is 12.6. The molecular formula is C19H24F3N3O2. The number of hydrogen-bond acceptors (Lipinski definition) is 4. The minimum Gasteiger partial charge on any atom is -0.336 e. The Hall–Kier alpha value is -2.38. The number of alkyl halides is 3. The number of amides is 1. The van der Waals surface area contributed by atoms with Gasteiger partial charge in [0.05, 0.1) is 0 Å². The summed E-state index contributed by atoms with van der Waals surface area (Å²) in [5.74, 6) is -1.13. The molecule has 1 unspecified atom stereocenters. The van der Waals surface area contributed by atoms with E-state index in [1.54, 1.807) is 24.3 Å². The Kier molecular flexibility index (Phi) is 6.62. The van der Waals surface area contributed by atoms with Crippen molar-refractivity contribution in [2.75, 3.05) is 0 Å². The molecule has 148 valence electrons. The maximum Gasteiger partial charge on any atom is 0.471 e. The molecule has 1 atom stereocenters. The Morgan fingerprint density at radius 2 is 1.81 bits per heavy atom. The molecule has 0 radical (unpaired) electrons. The Bertz CT molecular complexity index is 754. The van der Waals surface area contributed by atoms with E-state index in [1.165, 1.54) is 0 Å². The van der Waals surface area contributed by atoms with Crippen molar-refractivity contribution >= 4 is 5.91 Å². The summed E-state index contributed by atoms with van der Waals surface area (Å²) in [6.45, 7) is 8.48. The highest BCUT2D eigenvalue weighted by molar-refractivity contribution is 5.76. The van der Waals surface area contributed by atoms with Crippen LogP contribution in [0.25, 0.3) is 11.4 Å². The molecule has 5 nitrogen and oxygen atoms in total. The van der Waals surface area contributed by atoms with Crippen molar-refractivity contribution in [1.82, 2.24) is 15.0 Å². The number of carbonyl (C=O) groups is 1. The van der Waals surface area contributed by atoms with E-state index in [0.717, 1.165) is 12.0 Å². The van der Waals surface area contributed by atoms with Crippen LogP contribution >= 0.6 is 0 Å². The van der Waals surface area contributed by atoms with Crippen LogP contribution in [0.2, 0.25) is 0 Å². The molecule has 0 N–H and O–H groups in total. The average Bonchev–Trinajstić information content (AvgIpc) is 3.09. The van der Waals surface area contributed by atoms with Crippen LogP contribution in [0.1, 0.15) is 52.0 Å². The monoisotopic (exact) mass is 383 g/mol. The van der Waals surface area contributed by atoms with Gasteiger partial charge in [-0.1, -0.05) is 50.2 Å². The molecular weight excluding hydrogens is 359 g/mol. The van der Waals surface area contributed by atoms with Crippen molar-refractivity contribution in [3.05, 3.63) is 35.7 Å². The van der Waals surface area contributed by atoms with Gasteiger partial charge in [0.25, 0.3) is 0 Å². The van der Waals surface area contributed by atoms with E-state index in [9.17, 15) is 18.0 Å². The molecule has 0 spiro atoms. The molecule has 8 heteroatoms. The minimum absolute atomic E-state index is 0.0939. The third-order valence-electron chi connectivity index (χ3n) is 4.26. The fourth-order valence-electron chi connectivity index (χ4n) is 2.59. The summed E-state index contributed by atoms with van der Waals surface area (Å²) in [7, 11) is 0. The van der Waals surface area contributed by atoms with Crippen LogP contribution in [0.5, 0.6) is 0 Å². The first kappa shape index (κ1) is 20.9. The van der Waals surface area contributed by atoms with Crippen LogP contribution in [0.3, 0.4) is 0 Å². The van der Waals surface area contributed by atoms with Crippen LogP contribution in [0.4, 0.5) is 13.2 Å². The highest BCUT2D eigenvalue weighted by atomic mass is 19.4. The predicted molar refractivity (Wildman–Crippen MR) is 94.5 cm³/mol. The average molecular weight is 383 g/mol. The van der Waals surface area contributed by atoms with Gasteiger partial charge in [0.15, 0.2) is 0 Å². The van der Waals surface area contributed by atoms with Gasteiger partial charge in [0, 0.05) is 24.6 Å². The van der Waals surface area contributed by atoms with E-state index in [4.69, 9.17) is 0 Å². The van der Waals surface area contributed by atoms with Gasteiger partial charge < -0.3 is 9.42 Å². The number of benzene rings is 1. The first-order valence-electron chi connectivity index (χ1n) is 8.91. The Labute approximate surface area is 156 Å². The summed E-state index contributed by atoms with van der Waals surface area (Å²) >= 11 is 0. The van der Waals surface area contributed by atoms with Crippen LogP contribution in [0, 0.1) is 5.92 Å². The quantitative estimate of drug-likeness (QED) is 0.680. The van der Waals surface area contributed by atoms with E-state index < -0.39 is 12.1 Å². The molecule has 0 saturated carbocycles. The van der Waals surface area contributed by atoms with Gasteiger partial charge in [-0.3, -0.25) is 4.79 Å². The Morgan fingerprint density at radius 3 is 2.30 bits per heavy atom. The third-order valence-corrected chi connectivity index (χ3v) is 4.26. The van der Waals surface area contributed by atoms with Crippen molar-refractivity contribution in [2.45, 2.75) is 59.3 Å². The van der Waals surface area contributed by atoms with Crippen molar-refractivity contribution < 1.29 is 22.5 Å². The normalized spacial score (nSPS) is 13.0. The van der Waals surface area contributed by atoms with Gasteiger partial charge in [-0.25, -0.2) is 0 Å². The lowest BCUT2D eigenvalue weighted by atomic mass is 10.1. The fourth-order valence-corrected chi connectivity index (χ4v) is 2.59. The summed E-state index contributed by atoms with van der Waals surface area (Å²) < 4.78 is 42.0. The number of nitrogens with zero attached hydrogens (tertiary/aromatic N) is 3. The number of aromatic nitrogens is 2. The zero-order valence-electron chi connectivity index (χ0n) is 15.9. The van der Waals surface area contributed by atoms with E-state index in [0.29, 0.717) is 18.5 Å². The predicted octanol–water partition coefficient (Wildman–Crippen LogP) is 4.93. The minimum atomic E-state index is -4.67. The molecule has 1 amide bonds. The van der Waals surface area contributed by atoms with Gasteiger partial charge in [-0.15, -0.1) is 0 Å². The van der Waals surface area contributed by atoms with Gasteiger partial charge in [-0.2, -0.15) is 18.2 Å². The molecule has 2 aromatic rings. The molecule has 0 aliphatic rings. The van der Waals surface area contributed by atoms with Gasteiger partial charge >= 0.3 is 12.1 Å². The molecule has 2 rings (SSSR count). The number of halogens is 3. The third kappa shape index (κ3) is 5.55. The summed E-state index contributed by atoms with van der Waals surface area (Å²) in [6, 6.07) is 6.88. The van der Waals surface area contributed by atoms with Gasteiger partial charge in [-0.05, 0) is 24.8 Å². The van der Waals surface area contributed by atoms with Gasteiger partial charge in [0.1, 0.15) is 0 Å². The maximum absolute atomic E-state index is 12.6. The molecule has 27 heavy (non-hydrogen) atoms. The van der Waals surface area contributed by atoms with Crippen molar-refractivity contribution in [1.29, 1.82) is 0 Å².